The van der Waals surface area contributed by atoms with Crippen molar-refractivity contribution in [2.75, 3.05) is 13.1 Å². The number of nitrogens with one attached hydrogen (secondary N) is 1. The summed E-state index contributed by atoms with van der Waals surface area (Å²) in [4.78, 5) is 12.1. The molecule has 1 aliphatic rings. The molecule has 0 aliphatic carbocycles. The average Bonchev–Trinajstić information content (AvgIpc) is 2.74. The summed E-state index contributed by atoms with van der Waals surface area (Å²) in [5.41, 5.74) is 3.28. The van der Waals surface area contributed by atoms with Crippen molar-refractivity contribution in [1.82, 2.24) is 14.5 Å². The third-order valence-electron chi connectivity index (χ3n) is 4.34. The summed E-state index contributed by atoms with van der Waals surface area (Å²) in [6.07, 6.45) is 5.58. The lowest BCUT2D eigenvalue weighted by molar-refractivity contribution is 0.376. The van der Waals surface area contributed by atoms with Gasteiger partial charge in [-0.25, -0.2) is 4.79 Å². The van der Waals surface area contributed by atoms with Crippen LogP contribution in [0.4, 0.5) is 0 Å². The molecule has 2 aromatic rings. The molecule has 112 valence electrons. The van der Waals surface area contributed by atoms with Crippen LogP contribution in [0.3, 0.4) is 0 Å². The third kappa shape index (κ3) is 2.95. The number of rotatable bonds is 3. The molecule has 0 spiro atoms. The molecular formula is C17H23N3O. The highest BCUT2D eigenvalue weighted by atomic mass is 16.1. The summed E-state index contributed by atoms with van der Waals surface area (Å²) in [6, 6.07) is 8.42. The first-order chi connectivity index (χ1) is 10.1. The molecule has 1 aromatic carbocycles. The van der Waals surface area contributed by atoms with Gasteiger partial charge in [0.25, 0.3) is 0 Å². The van der Waals surface area contributed by atoms with Crippen LogP contribution in [0.5, 0.6) is 0 Å². The Balaban J connectivity index is 1.79. The predicted molar refractivity (Wildman–Crippen MR) is 85.0 cm³/mol. The van der Waals surface area contributed by atoms with E-state index in [1.165, 1.54) is 18.4 Å². The minimum absolute atomic E-state index is 0.0109. The summed E-state index contributed by atoms with van der Waals surface area (Å²) < 4.78 is 3.38. The number of piperidine rings is 1. The van der Waals surface area contributed by atoms with Gasteiger partial charge < -0.3 is 9.88 Å². The van der Waals surface area contributed by atoms with E-state index in [1.807, 2.05) is 13.1 Å². The molecule has 1 aliphatic heterocycles. The first-order valence-electron chi connectivity index (χ1n) is 7.70. The van der Waals surface area contributed by atoms with Crippen molar-refractivity contribution in [3.05, 3.63) is 52.2 Å². The van der Waals surface area contributed by atoms with Gasteiger partial charge in [0.1, 0.15) is 0 Å². The Hall–Kier alpha value is -1.81. The van der Waals surface area contributed by atoms with Crippen LogP contribution < -0.4 is 11.0 Å². The van der Waals surface area contributed by atoms with E-state index in [0.29, 0.717) is 0 Å². The zero-order valence-electron chi connectivity index (χ0n) is 12.8. The zero-order valence-corrected chi connectivity index (χ0v) is 12.8. The molecule has 3 rings (SSSR count). The highest BCUT2D eigenvalue weighted by Crippen LogP contribution is 2.18. The van der Waals surface area contributed by atoms with Crippen molar-refractivity contribution >= 4 is 0 Å². The van der Waals surface area contributed by atoms with E-state index in [4.69, 9.17) is 0 Å². The predicted octanol–water partition coefficient (Wildman–Crippen LogP) is 2.03. The molecule has 0 amide bonds. The molecule has 1 unspecified atom stereocenters. The molecule has 1 atom stereocenters. The molecule has 1 fully saturated rings. The van der Waals surface area contributed by atoms with Gasteiger partial charge in [-0.2, -0.15) is 0 Å². The molecule has 4 nitrogen and oxygen atoms in total. The maximum Gasteiger partial charge on any atom is 0.332 e. The van der Waals surface area contributed by atoms with Crippen molar-refractivity contribution in [3.8, 4) is 5.69 Å². The van der Waals surface area contributed by atoms with E-state index in [9.17, 15) is 4.79 Å². The second-order valence-electron chi connectivity index (χ2n) is 6.08. The number of nitrogens with zero attached hydrogens (tertiary/aromatic N) is 2. The fraction of sp³-hybridized carbons (Fsp3) is 0.471. The van der Waals surface area contributed by atoms with Gasteiger partial charge in [-0.3, -0.25) is 4.57 Å². The Kier molecular flexibility index (Phi) is 3.97. The van der Waals surface area contributed by atoms with Gasteiger partial charge in [-0.1, -0.05) is 12.1 Å². The van der Waals surface area contributed by atoms with Crippen LogP contribution in [0.25, 0.3) is 5.69 Å². The lowest BCUT2D eigenvalue weighted by Crippen LogP contribution is -2.30. The lowest BCUT2D eigenvalue weighted by atomic mass is 9.92. The Labute approximate surface area is 125 Å². The largest absolute Gasteiger partial charge is 0.332 e. The summed E-state index contributed by atoms with van der Waals surface area (Å²) in [5.74, 6) is 0.741. The molecule has 1 saturated heterocycles. The fourth-order valence-corrected chi connectivity index (χ4v) is 3.23. The van der Waals surface area contributed by atoms with Crippen molar-refractivity contribution in [2.45, 2.75) is 26.2 Å². The molecule has 0 saturated carbocycles. The quantitative estimate of drug-likeness (QED) is 0.937. The van der Waals surface area contributed by atoms with Crippen LogP contribution in [0.1, 0.15) is 24.1 Å². The maximum absolute atomic E-state index is 12.1. The molecule has 4 heteroatoms. The number of benzene rings is 1. The molecule has 1 aromatic heterocycles. The standard InChI is InChI=1S/C17H23N3O/c1-13-12-19(2)17(21)20(13)16-7-5-14(6-8-16)10-15-4-3-9-18-11-15/h5-8,12,15,18H,3-4,9-11H2,1-2H3. The van der Waals surface area contributed by atoms with Gasteiger partial charge in [0.05, 0.1) is 5.69 Å². The van der Waals surface area contributed by atoms with E-state index >= 15 is 0 Å². The van der Waals surface area contributed by atoms with E-state index in [0.717, 1.165) is 36.8 Å². The van der Waals surface area contributed by atoms with Gasteiger partial charge in [-0.05, 0) is 62.9 Å². The monoisotopic (exact) mass is 285 g/mol. The smallest absolute Gasteiger partial charge is 0.316 e. The van der Waals surface area contributed by atoms with Crippen molar-refractivity contribution in [2.24, 2.45) is 13.0 Å². The average molecular weight is 285 g/mol. The van der Waals surface area contributed by atoms with Crippen molar-refractivity contribution < 1.29 is 0 Å². The summed E-state index contributed by atoms with van der Waals surface area (Å²) in [7, 11) is 1.79. The number of hydrogen-bond donors (Lipinski definition) is 1. The molecule has 1 N–H and O–H groups in total. The van der Waals surface area contributed by atoms with Crippen LogP contribution in [-0.2, 0) is 13.5 Å². The Bertz CT molecular complexity index is 660. The number of aromatic nitrogens is 2. The number of imidazole rings is 1. The Morgan fingerprint density at radius 3 is 2.62 bits per heavy atom. The van der Waals surface area contributed by atoms with Crippen molar-refractivity contribution in [1.29, 1.82) is 0 Å². The summed E-state index contributed by atoms with van der Waals surface area (Å²) in [5, 5.41) is 3.46. The van der Waals surface area contributed by atoms with Gasteiger partial charge in [0, 0.05) is 18.9 Å². The zero-order chi connectivity index (χ0) is 14.8. The third-order valence-corrected chi connectivity index (χ3v) is 4.34. The molecule has 21 heavy (non-hydrogen) atoms. The second kappa shape index (κ2) is 5.90. The minimum atomic E-state index is 0.0109. The van der Waals surface area contributed by atoms with E-state index < -0.39 is 0 Å². The Morgan fingerprint density at radius 2 is 2.05 bits per heavy atom. The van der Waals surface area contributed by atoms with Crippen molar-refractivity contribution in [3.63, 3.8) is 0 Å². The summed E-state index contributed by atoms with van der Waals surface area (Å²) in [6.45, 7) is 4.24. The van der Waals surface area contributed by atoms with Gasteiger partial charge >= 0.3 is 5.69 Å². The lowest BCUT2D eigenvalue weighted by Gasteiger charge is -2.22. The maximum atomic E-state index is 12.1. The molecule has 2 heterocycles. The fourth-order valence-electron chi connectivity index (χ4n) is 3.23. The van der Waals surface area contributed by atoms with Crippen LogP contribution in [0.2, 0.25) is 0 Å². The van der Waals surface area contributed by atoms with E-state index in [2.05, 4.69) is 29.6 Å². The van der Waals surface area contributed by atoms with E-state index in [-0.39, 0.29) is 5.69 Å². The highest BCUT2D eigenvalue weighted by molar-refractivity contribution is 5.36. The number of hydrogen-bond acceptors (Lipinski definition) is 2. The summed E-state index contributed by atoms with van der Waals surface area (Å²) >= 11 is 0. The highest BCUT2D eigenvalue weighted by Gasteiger charge is 2.13. The molecular weight excluding hydrogens is 262 g/mol. The number of aryl methyl sites for hydroxylation is 2. The normalized spacial score (nSPS) is 18.9. The molecule has 0 radical (unpaired) electrons. The first-order valence-corrected chi connectivity index (χ1v) is 7.70. The van der Waals surface area contributed by atoms with Crippen LogP contribution in [-0.4, -0.2) is 22.2 Å². The first kappa shape index (κ1) is 14.1. The minimum Gasteiger partial charge on any atom is -0.316 e. The topological polar surface area (TPSA) is 39.0 Å². The SMILES string of the molecule is Cc1cn(C)c(=O)n1-c1ccc(CC2CCCNC2)cc1. The van der Waals surface area contributed by atoms with Crippen LogP contribution in [0.15, 0.2) is 35.3 Å². The van der Waals surface area contributed by atoms with E-state index in [1.54, 1.807) is 16.2 Å². The van der Waals surface area contributed by atoms with Gasteiger partial charge in [-0.15, -0.1) is 0 Å². The van der Waals surface area contributed by atoms with Gasteiger partial charge in [0.2, 0.25) is 0 Å². The Morgan fingerprint density at radius 1 is 1.29 bits per heavy atom. The van der Waals surface area contributed by atoms with Crippen LogP contribution >= 0.6 is 0 Å². The molecule has 0 bridgehead atoms. The van der Waals surface area contributed by atoms with Crippen LogP contribution in [0, 0.1) is 12.8 Å². The van der Waals surface area contributed by atoms with Gasteiger partial charge in [0.15, 0.2) is 0 Å². The second-order valence-corrected chi connectivity index (χ2v) is 6.08.